The molecule has 0 spiro atoms. The first-order valence-corrected chi connectivity index (χ1v) is 5.06. The number of likely N-dealkylation sites (N-methyl/N-ethyl adjacent to an activating group) is 1. The lowest BCUT2D eigenvalue weighted by molar-refractivity contribution is 0.0677. The van der Waals surface area contributed by atoms with Crippen molar-refractivity contribution in [1.29, 1.82) is 0 Å². The van der Waals surface area contributed by atoms with Crippen molar-refractivity contribution in [3.63, 3.8) is 0 Å². The molecule has 2 rings (SSSR count). The van der Waals surface area contributed by atoms with Crippen LogP contribution in [-0.4, -0.2) is 42.1 Å². The summed E-state index contributed by atoms with van der Waals surface area (Å²) in [5, 5.41) is 12.5. The first-order valence-electron chi connectivity index (χ1n) is 5.06. The Bertz CT molecular complexity index is 418. The van der Waals surface area contributed by atoms with E-state index >= 15 is 0 Å². The van der Waals surface area contributed by atoms with Gasteiger partial charge in [0, 0.05) is 20.1 Å². The molecule has 0 aromatic heterocycles. The lowest BCUT2D eigenvalue weighted by Gasteiger charge is -2.35. The number of hydrogen-bond acceptors (Lipinski definition) is 3. The van der Waals surface area contributed by atoms with Gasteiger partial charge in [0.1, 0.15) is 11.6 Å². The molecule has 1 heterocycles. The van der Waals surface area contributed by atoms with E-state index in [1.807, 2.05) is 0 Å². The Hall–Kier alpha value is -1.62. The third-order valence-electron chi connectivity index (χ3n) is 2.82. The van der Waals surface area contributed by atoms with Crippen LogP contribution in [0.15, 0.2) is 18.2 Å². The van der Waals surface area contributed by atoms with Gasteiger partial charge in [0.15, 0.2) is 0 Å². The molecule has 1 aliphatic heterocycles. The van der Waals surface area contributed by atoms with Crippen molar-refractivity contribution in [3.05, 3.63) is 29.6 Å². The summed E-state index contributed by atoms with van der Waals surface area (Å²) < 4.78 is 13.0. The van der Waals surface area contributed by atoms with Gasteiger partial charge in [-0.05, 0) is 18.2 Å². The average Bonchev–Trinajstić information content (AvgIpc) is 2.18. The van der Waals surface area contributed by atoms with Crippen LogP contribution in [0.1, 0.15) is 10.4 Å². The third-order valence-corrected chi connectivity index (χ3v) is 2.82. The molecule has 0 aliphatic carbocycles. The molecule has 0 atom stereocenters. The second-order valence-electron chi connectivity index (χ2n) is 3.89. The van der Waals surface area contributed by atoms with Crippen LogP contribution in [0, 0.1) is 5.82 Å². The Balaban J connectivity index is 2.22. The summed E-state index contributed by atoms with van der Waals surface area (Å²) in [5.41, 5.74) is 0.00870. The third kappa shape index (κ3) is 1.86. The van der Waals surface area contributed by atoms with Gasteiger partial charge in [-0.25, -0.2) is 4.39 Å². The second kappa shape index (κ2) is 4.09. The van der Waals surface area contributed by atoms with Crippen LogP contribution in [0.3, 0.4) is 0 Å². The van der Waals surface area contributed by atoms with Gasteiger partial charge >= 0.3 is 0 Å². The van der Waals surface area contributed by atoms with E-state index in [2.05, 4.69) is 5.32 Å². The molecular formula is C11H13FN2O2. The first kappa shape index (κ1) is 10.9. The Morgan fingerprint density at radius 2 is 2.25 bits per heavy atom. The minimum absolute atomic E-state index is 0.00870. The lowest BCUT2D eigenvalue weighted by atomic mass is 10.1. The largest absolute Gasteiger partial charge is 0.507 e. The van der Waals surface area contributed by atoms with Crippen LogP contribution in [-0.2, 0) is 0 Å². The molecule has 0 saturated carbocycles. The second-order valence-corrected chi connectivity index (χ2v) is 3.89. The Kier molecular flexibility index (Phi) is 2.78. The standard InChI is InChI=1S/C11H13FN2O2/c1-14(8-5-13-6-8)11(16)9-4-7(12)2-3-10(9)15/h2-4,8,13,15H,5-6H2,1H3. The zero-order valence-corrected chi connectivity index (χ0v) is 8.90. The number of amides is 1. The molecule has 1 fully saturated rings. The van der Waals surface area contributed by atoms with Crippen molar-refractivity contribution in [2.24, 2.45) is 0 Å². The van der Waals surface area contributed by atoms with Crippen LogP contribution in [0.25, 0.3) is 0 Å². The van der Waals surface area contributed by atoms with Crippen LogP contribution in [0.4, 0.5) is 4.39 Å². The van der Waals surface area contributed by atoms with E-state index in [9.17, 15) is 14.3 Å². The van der Waals surface area contributed by atoms with E-state index in [1.165, 1.54) is 11.0 Å². The average molecular weight is 224 g/mol. The quantitative estimate of drug-likeness (QED) is 0.772. The predicted molar refractivity (Wildman–Crippen MR) is 56.8 cm³/mol. The summed E-state index contributed by atoms with van der Waals surface area (Å²) in [6.07, 6.45) is 0. The first-order chi connectivity index (χ1) is 7.59. The highest BCUT2D eigenvalue weighted by Gasteiger charge is 2.27. The van der Waals surface area contributed by atoms with Crippen molar-refractivity contribution in [3.8, 4) is 5.75 Å². The minimum atomic E-state index is -0.527. The molecule has 2 N–H and O–H groups in total. The van der Waals surface area contributed by atoms with Gasteiger partial charge in [-0.1, -0.05) is 0 Å². The van der Waals surface area contributed by atoms with Crippen LogP contribution in [0.5, 0.6) is 5.75 Å². The normalized spacial score (nSPS) is 15.6. The number of nitrogens with one attached hydrogen (secondary N) is 1. The molecule has 0 unspecified atom stereocenters. The zero-order chi connectivity index (χ0) is 11.7. The fourth-order valence-corrected chi connectivity index (χ4v) is 1.58. The number of hydrogen-bond donors (Lipinski definition) is 2. The van der Waals surface area contributed by atoms with E-state index in [0.29, 0.717) is 0 Å². The van der Waals surface area contributed by atoms with Crippen molar-refractivity contribution in [1.82, 2.24) is 10.2 Å². The summed E-state index contributed by atoms with van der Waals surface area (Å²) in [6, 6.07) is 3.49. The highest BCUT2D eigenvalue weighted by molar-refractivity contribution is 5.96. The Labute approximate surface area is 92.7 Å². The fourth-order valence-electron chi connectivity index (χ4n) is 1.58. The summed E-state index contributed by atoms with van der Waals surface area (Å²) in [6.45, 7) is 1.47. The number of carbonyl (C=O) groups is 1. The molecule has 5 heteroatoms. The molecule has 4 nitrogen and oxygen atoms in total. The van der Waals surface area contributed by atoms with Gasteiger partial charge in [0.25, 0.3) is 5.91 Å². The Morgan fingerprint density at radius 3 is 2.81 bits per heavy atom. The molecule has 16 heavy (non-hydrogen) atoms. The number of benzene rings is 1. The zero-order valence-electron chi connectivity index (χ0n) is 8.90. The van der Waals surface area contributed by atoms with E-state index < -0.39 is 5.82 Å². The van der Waals surface area contributed by atoms with E-state index in [4.69, 9.17) is 0 Å². The number of carbonyl (C=O) groups excluding carboxylic acids is 1. The monoisotopic (exact) mass is 224 g/mol. The number of rotatable bonds is 2. The maximum Gasteiger partial charge on any atom is 0.257 e. The number of phenols is 1. The minimum Gasteiger partial charge on any atom is -0.507 e. The highest BCUT2D eigenvalue weighted by atomic mass is 19.1. The molecular weight excluding hydrogens is 211 g/mol. The van der Waals surface area contributed by atoms with Gasteiger partial charge in [0.2, 0.25) is 0 Å². The maximum atomic E-state index is 13.0. The van der Waals surface area contributed by atoms with Gasteiger partial charge in [-0.15, -0.1) is 0 Å². The summed E-state index contributed by atoms with van der Waals surface area (Å²) in [7, 11) is 1.65. The van der Waals surface area contributed by atoms with Gasteiger partial charge in [0.05, 0.1) is 11.6 Å². The summed E-state index contributed by atoms with van der Waals surface area (Å²) in [5.74, 6) is -1.07. The van der Waals surface area contributed by atoms with E-state index in [-0.39, 0.29) is 23.3 Å². The molecule has 0 bridgehead atoms. The van der Waals surface area contributed by atoms with E-state index in [0.717, 1.165) is 25.2 Å². The van der Waals surface area contributed by atoms with Crippen molar-refractivity contribution in [2.45, 2.75) is 6.04 Å². The Morgan fingerprint density at radius 1 is 1.56 bits per heavy atom. The molecule has 86 valence electrons. The smallest absolute Gasteiger partial charge is 0.257 e. The maximum absolute atomic E-state index is 13.0. The van der Waals surface area contributed by atoms with E-state index in [1.54, 1.807) is 7.05 Å². The molecule has 0 radical (unpaired) electrons. The molecule has 1 aliphatic rings. The number of nitrogens with zero attached hydrogens (tertiary/aromatic N) is 1. The molecule has 1 aromatic carbocycles. The van der Waals surface area contributed by atoms with Crippen molar-refractivity contribution in [2.75, 3.05) is 20.1 Å². The van der Waals surface area contributed by atoms with Crippen LogP contribution < -0.4 is 5.32 Å². The predicted octanol–water partition coefficient (Wildman–Crippen LogP) is 0.575. The number of aromatic hydroxyl groups is 1. The summed E-state index contributed by atoms with van der Waals surface area (Å²) in [4.78, 5) is 13.4. The number of halogens is 1. The molecule has 1 aromatic rings. The SMILES string of the molecule is CN(C(=O)c1cc(F)ccc1O)C1CNC1. The van der Waals surface area contributed by atoms with Crippen molar-refractivity contribution >= 4 is 5.91 Å². The van der Waals surface area contributed by atoms with Gasteiger partial charge < -0.3 is 15.3 Å². The number of phenolic OH excluding ortho intramolecular Hbond substituents is 1. The van der Waals surface area contributed by atoms with Crippen LogP contribution in [0.2, 0.25) is 0 Å². The van der Waals surface area contributed by atoms with Gasteiger partial charge in [-0.2, -0.15) is 0 Å². The highest BCUT2D eigenvalue weighted by Crippen LogP contribution is 2.20. The molecule has 1 amide bonds. The van der Waals surface area contributed by atoms with Gasteiger partial charge in [-0.3, -0.25) is 4.79 Å². The summed E-state index contributed by atoms with van der Waals surface area (Å²) >= 11 is 0. The lowest BCUT2D eigenvalue weighted by Crippen LogP contribution is -2.57. The van der Waals surface area contributed by atoms with Crippen LogP contribution >= 0.6 is 0 Å². The fraction of sp³-hybridized carbons (Fsp3) is 0.364. The topological polar surface area (TPSA) is 52.6 Å². The van der Waals surface area contributed by atoms with Crippen molar-refractivity contribution < 1.29 is 14.3 Å². The molecule has 1 saturated heterocycles.